The van der Waals surface area contributed by atoms with E-state index >= 15 is 0 Å². The number of rotatable bonds is 8. The highest BCUT2D eigenvalue weighted by Crippen LogP contribution is 2.26. The Morgan fingerprint density at radius 1 is 1.43 bits per heavy atom. The molecule has 0 saturated heterocycles. The zero-order valence-electron chi connectivity index (χ0n) is 11.9. The van der Waals surface area contributed by atoms with Crippen LogP contribution in [-0.4, -0.2) is 42.8 Å². The van der Waals surface area contributed by atoms with Crippen molar-refractivity contribution in [1.82, 2.24) is 5.32 Å². The van der Waals surface area contributed by atoms with Gasteiger partial charge < -0.3 is 19.9 Å². The van der Waals surface area contributed by atoms with Crippen molar-refractivity contribution in [3.63, 3.8) is 0 Å². The van der Waals surface area contributed by atoms with Crippen molar-refractivity contribution in [2.24, 2.45) is 0 Å². The molecule has 1 unspecified atom stereocenters. The van der Waals surface area contributed by atoms with E-state index in [1.807, 2.05) is 19.1 Å². The van der Waals surface area contributed by atoms with Crippen LogP contribution in [0.1, 0.15) is 12.5 Å². The number of hydrogen-bond acceptors (Lipinski definition) is 4. The summed E-state index contributed by atoms with van der Waals surface area (Å²) in [7, 11) is 0. The minimum Gasteiger partial charge on any atom is -0.480 e. The number of carboxylic acids is 1. The maximum absolute atomic E-state index is 11.8. The monoisotopic (exact) mass is 359 g/mol. The number of amides is 1. The van der Waals surface area contributed by atoms with Crippen molar-refractivity contribution < 1.29 is 24.2 Å². The van der Waals surface area contributed by atoms with E-state index in [4.69, 9.17) is 14.6 Å². The smallest absolute Gasteiger partial charge is 0.329 e. The normalized spacial score (nSPS) is 11.8. The van der Waals surface area contributed by atoms with Crippen molar-refractivity contribution in [1.29, 1.82) is 0 Å². The lowest BCUT2D eigenvalue weighted by Gasteiger charge is -2.16. The number of halogens is 1. The summed E-state index contributed by atoms with van der Waals surface area (Å²) < 4.78 is 11.2. The molecule has 0 saturated carbocycles. The fraction of sp³-hybridized carbons (Fsp3) is 0.429. The number of nitrogens with one attached hydrogen (secondary N) is 1. The second kappa shape index (κ2) is 8.63. The van der Waals surface area contributed by atoms with Crippen LogP contribution in [-0.2, 0) is 14.3 Å². The molecule has 1 aromatic rings. The van der Waals surface area contributed by atoms with Gasteiger partial charge in [-0.3, -0.25) is 4.79 Å². The summed E-state index contributed by atoms with van der Waals surface area (Å²) in [5, 5.41) is 11.0. The number of ether oxygens (including phenoxy) is 2. The minimum atomic E-state index is -1.04. The van der Waals surface area contributed by atoms with Crippen molar-refractivity contribution >= 4 is 27.8 Å². The first-order valence-electron chi connectivity index (χ1n) is 6.40. The van der Waals surface area contributed by atoms with Crippen molar-refractivity contribution in [3.05, 3.63) is 28.2 Å². The van der Waals surface area contributed by atoms with Crippen LogP contribution in [0.4, 0.5) is 0 Å². The molecule has 1 aromatic carbocycles. The molecule has 2 N–H and O–H groups in total. The van der Waals surface area contributed by atoms with Gasteiger partial charge in [0.15, 0.2) is 6.10 Å². The van der Waals surface area contributed by atoms with Gasteiger partial charge in [-0.15, -0.1) is 0 Å². The van der Waals surface area contributed by atoms with Crippen molar-refractivity contribution in [2.45, 2.75) is 20.0 Å². The Kier molecular flexibility index (Phi) is 7.18. The fourth-order valence-corrected chi connectivity index (χ4v) is 2.08. The molecule has 1 rings (SSSR count). The summed E-state index contributed by atoms with van der Waals surface area (Å²) in [5.74, 6) is -0.742. The number of carboxylic acid groups (broad SMARTS) is 1. The number of aliphatic carboxylic acids is 1. The van der Waals surface area contributed by atoms with Crippen LogP contribution in [0.15, 0.2) is 22.7 Å². The van der Waals surface area contributed by atoms with Crippen LogP contribution >= 0.6 is 15.9 Å². The average Bonchev–Trinajstić information content (AvgIpc) is 2.40. The highest BCUT2D eigenvalue weighted by molar-refractivity contribution is 9.10. The van der Waals surface area contributed by atoms with E-state index in [9.17, 15) is 9.59 Å². The summed E-state index contributed by atoms with van der Waals surface area (Å²) in [4.78, 5) is 22.0. The van der Waals surface area contributed by atoms with Crippen molar-refractivity contribution in [2.75, 3.05) is 19.8 Å². The highest BCUT2D eigenvalue weighted by atomic mass is 79.9. The van der Waals surface area contributed by atoms with Gasteiger partial charge in [0.1, 0.15) is 12.4 Å². The first kappa shape index (κ1) is 17.5. The van der Waals surface area contributed by atoms with Gasteiger partial charge in [-0.1, -0.05) is 6.07 Å². The van der Waals surface area contributed by atoms with E-state index in [1.165, 1.54) is 0 Å². The largest absolute Gasteiger partial charge is 0.480 e. The van der Waals surface area contributed by atoms with Crippen LogP contribution in [0.5, 0.6) is 5.75 Å². The lowest BCUT2D eigenvalue weighted by atomic mass is 10.2. The lowest BCUT2D eigenvalue weighted by molar-refractivity contribution is -0.142. The molecule has 0 heterocycles. The molecular weight excluding hydrogens is 342 g/mol. The molecule has 116 valence electrons. The Hall–Kier alpha value is -1.60. The third-order valence-electron chi connectivity index (χ3n) is 2.53. The van der Waals surface area contributed by atoms with Gasteiger partial charge in [0.05, 0.1) is 11.1 Å². The lowest BCUT2D eigenvalue weighted by Crippen LogP contribution is -2.38. The molecule has 0 fully saturated rings. The molecule has 6 nitrogen and oxygen atoms in total. The second-order valence-electron chi connectivity index (χ2n) is 4.43. The van der Waals surface area contributed by atoms with E-state index in [0.29, 0.717) is 5.75 Å². The quantitative estimate of drug-likeness (QED) is 0.690. The van der Waals surface area contributed by atoms with Crippen LogP contribution in [0.3, 0.4) is 0 Å². The molecule has 0 aliphatic carbocycles. The topological polar surface area (TPSA) is 84.9 Å². The van der Waals surface area contributed by atoms with Gasteiger partial charge in [-0.05, 0) is 47.5 Å². The summed E-state index contributed by atoms with van der Waals surface area (Å²) in [5.41, 5.74) is 1.09. The third-order valence-corrected chi connectivity index (χ3v) is 3.15. The molecule has 1 atom stereocenters. The first-order chi connectivity index (χ1) is 9.90. The van der Waals surface area contributed by atoms with Crippen molar-refractivity contribution in [3.8, 4) is 5.75 Å². The summed E-state index contributed by atoms with van der Waals surface area (Å²) in [6.45, 7) is 3.59. The fourth-order valence-electron chi connectivity index (χ4n) is 1.50. The minimum absolute atomic E-state index is 0.138. The van der Waals surface area contributed by atoms with Gasteiger partial charge >= 0.3 is 5.97 Å². The summed E-state index contributed by atoms with van der Waals surface area (Å²) >= 11 is 3.38. The Morgan fingerprint density at radius 2 is 2.14 bits per heavy atom. The van der Waals surface area contributed by atoms with E-state index in [2.05, 4.69) is 21.2 Å². The standard InChI is InChI=1S/C14H18BrNO5/c1-9-3-4-12(11(15)7-9)21-10(2)14(19)16-5-6-20-8-13(17)18/h3-4,7,10H,5-6,8H2,1-2H3,(H,16,19)(H,17,18). The van der Waals surface area contributed by atoms with E-state index in [-0.39, 0.29) is 25.7 Å². The number of carbonyl (C=O) groups excluding carboxylic acids is 1. The molecule has 1 amide bonds. The summed E-state index contributed by atoms with van der Waals surface area (Å²) in [6.07, 6.45) is -0.663. The molecule has 0 bridgehead atoms. The van der Waals surface area contributed by atoms with E-state index in [1.54, 1.807) is 13.0 Å². The van der Waals surface area contributed by atoms with Crippen LogP contribution < -0.4 is 10.1 Å². The van der Waals surface area contributed by atoms with Crippen LogP contribution in [0.2, 0.25) is 0 Å². The SMILES string of the molecule is Cc1ccc(OC(C)C(=O)NCCOCC(=O)O)c(Br)c1. The number of benzene rings is 1. The third kappa shape index (κ3) is 6.59. The number of carbonyl (C=O) groups is 2. The Bertz CT molecular complexity index is 506. The predicted molar refractivity (Wildman–Crippen MR) is 80.4 cm³/mol. The number of aryl methyl sites for hydroxylation is 1. The molecule has 0 aliphatic rings. The van der Waals surface area contributed by atoms with Gasteiger partial charge in [0, 0.05) is 6.54 Å². The molecule has 0 spiro atoms. The second-order valence-corrected chi connectivity index (χ2v) is 5.29. The average molecular weight is 360 g/mol. The van der Waals surface area contributed by atoms with E-state index in [0.717, 1.165) is 10.0 Å². The molecule has 7 heteroatoms. The maximum atomic E-state index is 11.8. The van der Waals surface area contributed by atoms with Crippen LogP contribution in [0, 0.1) is 6.92 Å². The van der Waals surface area contributed by atoms with Gasteiger partial charge in [0.25, 0.3) is 5.91 Å². The van der Waals surface area contributed by atoms with Gasteiger partial charge in [0.2, 0.25) is 0 Å². The molecule has 21 heavy (non-hydrogen) atoms. The summed E-state index contributed by atoms with van der Waals surface area (Å²) in [6, 6.07) is 5.59. The van der Waals surface area contributed by atoms with E-state index < -0.39 is 12.1 Å². The molecule has 0 aromatic heterocycles. The Labute approximate surface area is 131 Å². The van der Waals surface area contributed by atoms with Gasteiger partial charge in [-0.25, -0.2) is 4.79 Å². The zero-order chi connectivity index (χ0) is 15.8. The molecule has 0 radical (unpaired) electrons. The highest BCUT2D eigenvalue weighted by Gasteiger charge is 2.15. The maximum Gasteiger partial charge on any atom is 0.329 e. The zero-order valence-corrected chi connectivity index (χ0v) is 13.5. The van der Waals surface area contributed by atoms with Gasteiger partial charge in [-0.2, -0.15) is 0 Å². The molecular formula is C14H18BrNO5. The Balaban J connectivity index is 2.35. The predicted octanol–water partition coefficient (Wildman–Crippen LogP) is 1.74. The van der Waals surface area contributed by atoms with Crippen LogP contribution in [0.25, 0.3) is 0 Å². The number of hydrogen-bond donors (Lipinski definition) is 2. The molecule has 0 aliphatic heterocycles. The Morgan fingerprint density at radius 3 is 2.76 bits per heavy atom. The first-order valence-corrected chi connectivity index (χ1v) is 7.19.